The van der Waals surface area contributed by atoms with Gasteiger partial charge in [0, 0.05) is 18.4 Å². The summed E-state index contributed by atoms with van der Waals surface area (Å²) in [6.07, 6.45) is 0.173. The maximum Gasteiger partial charge on any atom is 0.407 e. The Bertz CT molecular complexity index is 922. The quantitative estimate of drug-likeness (QED) is 0.658. The van der Waals surface area contributed by atoms with Gasteiger partial charge in [-0.25, -0.2) is 9.78 Å². The summed E-state index contributed by atoms with van der Waals surface area (Å²) in [7, 11) is 0. The lowest BCUT2D eigenvalue weighted by Gasteiger charge is -2.15. The number of carbonyl (C=O) groups is 1. The van der Waals surface area contributed by atoms with Crippen molar-refractivity contribution in [3.8, 4) is 17.1 Å². The largest absolute Gasteiger partial charge is 0.491 e. The molecule has 0 saturated carbocycles. The van der Waals surface area contributed by atoms with Crippen molar-refractivity contribution in [3.63, 3.8) is 0 Å². The third-order valence-corrected chi connectivity index (χ3v) is 4.09. The molecule has 7 nitrogen and oxygen atoms in total. The van der Waals surface area contributed by atoms with Gasteiger partial charge in [-0.3, -0.25) is 5.10 Å². The summed E-state index contributed by atoms with van der Waals surface area (Å²) in [5.41, 5.74) is 3.04. The fourth-order valence-corrected chi connectivity index (χ4v) is 2.81. The van der Waals surface area contributed by atoms with Crippen LogP contribution in [0.4, 0.5) is 4.79 Å². The molecule has 4 bridgehead atoms. The van der Waals surface area contributed by atoms with Crippen LogP contribution in [0.1, 0.15) is 19.0 Å². The molecule has 0 fully saturated rings. The molecule has 2 aromatic heterocycles. The van der Waals surface area contributed by atoms with Gasteiger partial charge in [-0.15, -0.1) is 0 Å². The second-order valence-corrected chi connectivity index (χ2v) is 6.01. The number of pyridine rings is 1. The van der Waals surface area contributed by atoms with Gasteiger partial charge < -0.3 is 14.8 Å². The van der Waals surface area contributed by atoms with Crippen LogP contribution in [0.15, 0.2) is 36.4 Å². The fraction of sp³-hybridized carbons (Fsp3) is 0.278. The van der Waals surface area contributed by atoms with Gasteiger partial charge in [0.2, 0.25) is 0 Å². The highest BCUT2D eigenvalue weighted by atomic mass is 16.5. The van der Waals surface area contributed by atoms with E-state index in [9.17, 15) is 4.79 Å². The molecule has 4 rings (SSSR count). The predicted octanol–water partition coefficient (Wildman–Crippen LogP) is 3.02. The molecule has 0 spiro atoms. The van der Waals surface area contributed by atoms with Gasteiger partial charge in [0.1, 0.15) is 18.1 Å². The average Bonchev–Trinajstić information content (AvgIpc) is 3.03. The Kier molecular flexibility index (Phi) is 3.97. The molecular formula is C18H18N4O3. The first-order valence-corrected chi connectivity index (χ1v) is 8.21. The number of nitrogens with one attached hydrogen (secondary N) is 2. The van der Waals surface area contributed by atoms with E-state index in [-0.39, 0.29) is 12.7 Å². The summed E-state index contributed by atoms with van der Waals surface area (Å²) < 4.78 is 11.2. The minimum absolute atomic E-state index is 0.0441. The summed E-state index contributed by atoms with van der Waals surface area (Å²) in [4.78, 5) is 16.3. The van der Waals surface area contributed by atoms with Gasteiger partial charge >= 0.3 is 6.09 Å². The van der Waals surface area contributed by atoms with E-state index < -0.39 is 6.09 Å². The number of ether oxygens (including phenoxy) is 2. The van der Waals surface area contributed by atoms with Crippen LogP contribution in [-0.2, 0) is 11.3 Å². The van der Waals surface area contributed by atoms with Crippen LogP contribution >= 0.6 is 0 Å². The van der Waals surface area contributed by atoms with Crippen LogP contribution in [0.3, 0.4) is 0 Å². The number of hydrogen-bond donors (Lipinski definition) is 2. The van der Waals surface area contributed by atoms with E-state index in [0.717, 1.165) is 22.3 Å². The number of aromatic amines is 1. The average molecular weight is 338 g/mol. The number of benzene rings is 1. The monoisotopic (exact) mass is 338 g/mol. The Balaban J connectivity index is 1.79. The van der Waals surface area contributed by atoms with Crippen molar-refractivity contribution in [2.24, 2.45) is 0 Å². The van der Waals surface area contributed by atoms with Gasteiger partial charge in [-0.2, -0.15) is 5.10 Å². The Morgan fingerprint density at radius 1 is 1.24 bits per heavy atom. The predicted molar refractivity (Wildman–Crippen MR) is 92.2 cm³/mol. The number of nitrogens with zero attached hydrogens (tertiary/aromatic N) is 2. The fourth-order valence-electron chi connectivity index (χ4n) is 2.81. The maximum atomic E-state index is 11.8. The third kappa shape index (κ3) is 3.26. The van der Waals surface area contributed by atoms with Crippen LogP contribution in [0.25, 0.3) is 22.3 Å². The highest BCUT2D eigenvalue weighted by Gasteiger charge is 2.14. The summed E-state index contributed by atoms with van der Waals surface area (Å²) in [5, 5.41) is 11.1. The second kappa shape index (κ2) is 6.43. The highest BCUT2D eigenvalue weighted by Crippen LogP contribution is 2.29. The number of H-pyrrole nitrogens is 1. The highest BCUT2D eigenvalue weighted by molar-refractivity contribution is 5.92. The topological polar surface area (TPSA) is 89.1 Å². The van der Waals surface area contributed by atoms with Crippen molar-refractivity contribution in [1.82, 2.24) is 20.5 Å². The zero-order chi connectivity index (χ0) is 17.2. The molecule has 1 amide bonds. The van der Waals surface area contributed by atoms with Crippen LogP contribution in [-0.4, -0.2) is 33.9 Å². The molecule has 1 unspecified atom stereocenters. The molecule has 1 aliphatic rings. The Morgan fingerprint density at radius 2 is 2.16 bits per heavy atom. The van der Waals surface area contributed by atoms with E-state index in [1.165, 1.54) is 0 Å². The van der Waals surface area contributed by atoms with E-state index in [4.69, 9.17) is 9.47 Å². The lowest BCUT2D eigenvalue weighted by molar-refractivity contribution is 0.136. The summed E-state index contributed by atoms with van der Waals surface area (Å²) in [5.74, 6) is 0.760. The molecule has 0 saturated heterocycles. The van der Waals surface area contributed by atoms with Gasteiger partial charge in [0.15, 0.2) is 0 Å². The van der Waals surface area contributed by atoms with Crippen LogP contribution < -0.4 is 10.1 Å². The van der Waals surface area contributed by atoms with E-state index in [1.54, 1.807) is 0 Å². The molecular weight excluding hydrogens is 320 g/mol. The van der Waals surface area contributed by atoms with E-state index in [2.05, 4.69) is 20.5 Å². The molecule has 1 aliphatic heterocycles. The molecule has 0 aliphatic carbocycles. The van der Waals surface area contributed by atoms with Crippen molar-refractivity contribution in [3.05, 3.63) is 42.1 Å². The number of amides is 1. The molecule has 25 heavy (non-hydrogen) atoms. The van der Waals surface area contributed by atoms with Gasteiger partial charge in [-0.1, -0.05) is 6.07 Å². The van der Waals surface area contributed by atoms with E-state index in [0.29, 0.717) is 24.4 Å². The van der Waals surface area contributed by atoms with Gasteiger partial charge in [0.05, 0.1) is 23.0 Å². The molecule has 128 valence electrons. The van der Waals surface area contributed by atoms with Crippen LogP contribution in [0.5, 0.6) is 5.75 Å². The number of hydrogen-bond acceptors (Lipinski definition) is 5. The Hall–Kier alpha value is -3.09. The maximum absolute atomic E-state index is 11.8. The smallest absolute Gasteiger partial charge is 0.407 e. The minimum Gasteiger partial charge on any atom is -0.491 e. The second-order valence-electron chi connectivity index (χ2n) is 6.01. The first-order valence-electron chi connectivity index (χ1n) is 8.21. The van der Waals surface area contributed by atoms with E-state index >= 15 is 0 Å². The number of fused-ring (bicyclic) bond motifs is 4. The number of aromatic nitrogens is 3. The Labute approximate surface area is 144 Å². The number of rotatable bonds is 0. The van der Waals surface area contributed by atoms with Crippen molar-refractivity contribution in [2.45, 2.75) is 26.1 Å². The van der Waals surface area contributed by atoms with Gasteiger partial charge in [0.25, 0.3) is 0 Å². The zero-order valence-electron chi connectivity index (χ0n) is 13.8. The normalized spacial score (nSPS) is 18.0. The molecule has 3 aromatic rings. The summed E-state index contributed by atoms with van der Waals surface area (Å²) in [6, 6.07) is 11.4. The molecule has 3 heterocycles. The van der Waals surface area contributed by atoms with Gasteiger partial charge in [-0.05, 0) is 37.3 Å². The molecule has 1 atom stereocenters. The number of cyclic esters (lactones) is 1. The molecule has 0 radical (unpaired) electrons. The van der Waals surface area contributed by atoms with Crippen molar-refractivity contribution < 1.29 is 14.3 Å². The third-order valence-electron chi connectivity index (χ3n) is 4.09. The lowest BCUT2D eigenvalue weighted by atomic mass is 10.1. The molecule has 1 aromatic carbocycles. The minimum atomic E-state index is -0.461. The van der Waals surface area contributed by atoms with Crippen molar-refractivity contribution >= 4 is 17.0 Å². The van der Waals surface area contributed by atoms with Crippen LogP contribution in [0.2, 0.25) is 0 Å². The standard InChI is InChI=1S/C18H18N4O3/c1-11-7-8-19-18(23)24-10-12-3-2-4-16(20-12)17-14-9-13(25-11)5-6-15(14)21-22-17/h2-6,9,11H,7-8,10H2,1H3,(H,19,23)(H,21,22). The van der Waals surface area contributed by atoms with E-state index in [1.807, 2.05) is 43.3 Å². The van der Waals surface area contributed by atoms with Crippen LogP contribution in [0, 0.1) is 0 Å². The SMILES string of the molecule is CC1CCNC(=O)OCc2cccc(n2)-c2n[nH]c3ccc(cc23)O1. The summed E-state index contributed by atoms with van der Waals surface area (Å²) in [6.45, 7) is 2.56. The van der Waals surface area contributed by atoms with Crippen molar-refractivity contribution in [1.29, 1.82) is 0 Å². The number of alkyl carbamates (subject to hydrolysis) is 1. The lowest BCUT2D eigenvalue weighted by Crippen LogP contribution is -2.28. The molecule has 7 heteroatoms. The first-order chi connectivity index (χ1) is 12.2. The van der Waals surface area contributed by atoms with Crippen molar-refractivity contribution in [2.75, 3.05) is 6.54 Å². The zero-order valence-corrected chi connectivity index (χ0v) is 13.8. The molecule has 2 N–H and O–H groups in total. The number of carbonyl (C=O) groups excluding carboxylic acids is 1. The first kappa shape index (κ1) is 15.4. The Morgan fingerprint density at radius 3 is 3.08 bits per heavy atom. The summed E-state index contributed by atoms with van der Waals surface area (Å²) >= 11 is 0.